The summed E-state index contributed by atoms with van der Waals surface area (Å²) in [6, 6.07) is 5.90. The van der Waals surface area contributed by atoms with Gasteiger partial charge >= 0.3 is 0 Å². The molecule has 5 heterocycles. The molecule has 1 unspecified atom stereocenters. The predicted molar refractivity (Wildman–Crippen MR) is 94.2 cm³/mol. The van der Waals surface area contributed by atoms with Crippen molar-refractivity contribution in [3.8, 4) is 11.5 Å². The van der Waals surface area contributed by atoms with Gasteiger partial charge in [0.15, 0.2) is 5.76 Å². The number of aromatic amines is 3. The van der Waals surface area contributed by atoms with Crippen LogP contribution < -0.4 is 0 Å². The highest BCUT2D eigenvalue weighted by Gasteiger charge is 2.33. The van der Waals surface area contributed by atoms with Gasteiger partial charge in [0.25, 0.3) is 0 Å². The number of nitrogens with zero attached hydrogens (tertiary/aromatic N) is 4. The number of hydrogen-bond acceptors (Lipinski definition) is 5. The first-order valence-corrected chi connectivity index (χ1v) is 8.64. The third kappa shape index (κ3) is 2.46. The first kappa shape index (κ1) is 15.2. The van der Waals surface area contributed by atoms with Crippen LogP contribution in [0.3, 0.4) is 0 Å². The summed E-state index contributed by atoms with van der Waals surface area (Å²) in [5.41, 5.74) is 5.19. The molecule has 1 atom stereocenters. The van der Waals surface area contributed by atoms with Crippen molar-refractivity contribution in [2.45, 2.75) is 25.9 Å². The number of aromatic nitrogens is 6. The standard InChI is InChI=1S/C18H19N7O/c1-11-16(21-9-19-11)18-17-14(20-10-22-17)5-7-25(18)8-12-2-3-15(26-12)13-4-6-23-24-13/h2-4,6,9-10,18H,5,7-8H2,1H3,(H,19,21)(H,20,22)(H,23,24). The highest BCUT2D eigenvalue weighted by Crippen LogP contribution is 2.35. The summed E-state index contributed by atoms with van der Waals surface area (Å²) in [6.45, 7) is 3.65. The van der Waals surface area contributed by atoms with Gasteiger partial charge in [-0.1, -0.05) is 0 Å². The minimum atomic E-state index is 0.0111. The van der Waals surface area contributed by atoms with Crippen LogP contribution in [0.2, 0.25) is 0 Å². The molecular formula is C18H19N7O. The van der Waals surface area contributed by atoms with E-state index < -0.39 is 0 Å². The van der Waals surface area contributed by atoms with Crippen LogP contribution in [0.5, 0.6) is 0 Å². The van der Waals surface area contributed by atoms with Crippen LogP contribution in [0.1, 0.15) is 34.6 Å². The quantitative estimate of drug-likeness (QED) is 0.525. The van der Waals surface area contributed by atoms with Crippen molar-refractivity contribution in [2.24, 2.45) is 0 Å². The molecule has 8 nitrogen and oxygen atoms in total. The average molecular weight is 349 g/mol. The van der Waals surface area contributed by atoms with E-state index in [1.807, 2.05) is 25.1 Å². The minimum Gasteiger partial charge on any atom is -0.458 e. The molecule has 0 bridgehead atoms. The van der Waals surface area contributed by atoms with Crippen LogP contribution in [-0.2, 0) is 13.0 Å². The zero-order valence-corrected chi connectivity index (χ0v) is 14.4. The zero-order valence-electron chi connectivity index (χ0n) is 14.4. The Hall–Kier alpha value is -3.13. The van der Waals surface area contributed by atoms with Crippen LogP contribution in [0.25, 0.3) is 11.5 Å². The highest BCUT2D eigenvalue weighted by atomic mass is 16.3. The van der Waals surface area contributed by atoms with Gasteiger partial charge in [-0.3, -0.25) is 10.00 Å². The topological polar surface area (TPSA) is 102 Å². The Bertz CT molecular complexity index is 1010. The van der Waals surface area contributed by atoms with Crippen LogP contribution in [-0.4, -0.2) is 41.6 Å². The molecule has 4 aromatic heterocycles. The van der Waals surface area contributed by atoms with Gasteiger partial charge < -0.3 is 14.4 Å². The van der Waals surface area contributed by atoms with Crippen LogP contribution >= 0.6 is 0 Å². The van der Waals surface area contributed by atoms with Crippen molar-refractivity contribution in [1.29, 1.82) is 0 Å². The molecule has 0 amide bonds. The normalized spacial score (nSPS) is 17.5. The highest BCUT2D eigenvalue weighted by molar-refractivity contribution is 5.51. The Morgan fingerprint density at radius 3 is 2.85 bits per heavy atom. The van der Waals surface area contributed by atoms with Crippen LogP contribution in [0.15, 0.2) is 41.5 Å². The molecule has 1 aliphatic heterocycles. The number of rotatable bonds is 4. The van der Waals surface area contributed by atoms with Gasteiger partial charge in [-0.15, -0.1) is 0 Å². The molecule has 132 valence electrons. The Balaban J connectivity index is 1.47. The third-order valence-corrected chi connectivity index (χ3v) is 4.94. The fraction of sp³-hybridized carbons (Fsp3) is 0.278. The molecule has 0 radical (unpaired) electrons. The summed E-state index contributed by atoms with van der Waals surface area (Å²) >= 11 is 0. The van der Waals surface area contributed by atoms with Gasteiger partial charge in [0.2, 0.25) is 0 Å². The van der Waals surface area contributed by atoms with E-state index in [1.54, 1.807) is 18.9 Å². The lowest BCUT2D eigenvalue weighted by Crippen LogP contribution is -2.36. The lowest BCUT2D eigenvalue weighted by Gasteiger charge is -2.33. The van der Waals surface area contributed by atoms with E-state index >= 15 is 0 Å². The largest absolute Gasteiger partial charge is 0.458 e. The van der Waals surface area contributed by atoms with Gasteiger partial charge in [0.05, 0.1) is 36.6 Å². The third-order valence-electron chi connectivity index (χ3n) is 4.94. The molecule has 0 saturated carbocycles. The second kappa shape index (κ2) is 5.99. The van der Waals surface area contributed by atoms with Gasteiger partial charge in [-0.2, -0.15) is 5.10 Å². The van der Waals surface area contributed by atoms with E-state index in [-0.39, 0.29) is 6.04 Å². The van der Waals surface area contributed by atoms with Gasteiger partial charge in [0.1, 0.15) is 11.5 Å². The van der Waals surface area contributed by atoms with Crippen molar-refractivity contribution >= 4 is 0 Å². The molecule has 0 aliphatic carbocycles. The number of hydrogen-bond donors (Lipinski definition) is 3. The summed E-state index contributed by atoms with van der Waals surface area (Å²) in [4.78, 5) is 18.0. The summed E-state index contributed by atoms with van der Waals surface area (Å²) in [5.74, 6) is 1.70. The Labute approximate surface area is 149 Å². The van der Waals surface area contributed by atoms with Crippen LogP contribution in [0.4, 0.5) is 0 Å². The van der Waals surface area contributed by atoms with Crippen molar-refractivity contribution in [3.05, 3.63) is 65.6 Å². The molecule has 1 aliphatic rings. The molecule has 0 aromatic carbocycles. The van der Waals surface area contributed by atoms with Crippen molar-refractivity contribution in [1.82, 2.24) is 35.0 Å². The molecule has 5 rings (SSSR count). The average Bonchev–Trinajstić information content (AvgIpc) is 3.42. The number of H-pyrrole nitrogens is 3. The smallest absolute Gasteiger partial charge is 0.152 e. The van der Waals surface area contributed by atoms with E-state index in [1.165, 1.54) is 5.69 Å². The van der Waals surface area contributed by atoms with Gasteiger partial charge in [-0.25, -0.2) is 9.97 Å². The maximum atomic E-state index is 6.03. The Kier molecular flexibility index (Phi) is 3.49. The number of nitrogens with one attached hydrogen (secondary N) is 3. The number of imidazole rings is 2. The predicted octanol–water partition coefficient (Wildman–Crippen LogP) is 2.57. The number of aryl methyl sites for hydroxylation is 1. The van der Waals surface area contributed by atoms with Gasteiger partial charge in [0, 0.05) is 30.6 Å². The summed E-state index contributed by atoms with van der Waals surface area (Å²) in [5, 5.41) is 6.91. The molecule has 26 heavy (non-hydrogen) atoms. The molecule has 0 saturated heterocycles. The second-order valence-corrected chi connectivity index (χ2v) is 6.54. The molecular weight excluding hydrogens is 330 g/mol. The van der Waals surface area contributed by atoms with E-state index in [4.69, 9.17) is 4.42 Å². The van der Waals surface area contributed by atoms with E-state index in [0.717, 1.165) is 47.3 Å². The van der Waals surface area contributed by atoms with Crippen molar-refractivity contribution in [2.75, 3.05) is 6.54 Å². The van der Waals surface area contributed by atoms with Gasteiger partial charge in [-0.05, 0) is 25.1 Å². The summed E-state index contributed by atoms with van der Waals surface area (Å²) < 4.78 is 6.03. The fourth-order valence-electron chi connectivity index (χ4n) is 3.64. The molecule has 3 N–H and O–H groups in total. The van der Waals surface area contributed by atoms with Crippen LogP contribution in [0, 0.1) is 6.92 Å². The Morgan fingerprint density at radius 1 is 1.15 bits per heavy atom. The van der Waals surface area contributed by atoms with E-state index in [9.17, 15) is 0 Å². The SMILES string of the molecule is Cc1[nH]cnc1C1c2nc[nH]c2CCN1Cc1ccc(-c2ccn[nH]2)o1. The summed E-state index contributed by atoms with van der Waals surface area (Å²) in [7, 11) is 0. The number of fused-ring (bicyclic) bond motifs is 1. The second-order valence-electron chi connectivity index (χ2n) is 6.54. The number of furan rings is 1. The molecule has 8 heteroatoms. The molecule has 4 aromatic rings. The zero-order chi connectivity index (χ0) is 17.5. The van der Waals surface area contributed by atoms with E-state index in [2.05, 4.69) is 35.0 Å². The minimum absolute atomic E-state index is 0.0111. The monoisotopic (exact) mass is 349 g/mol. The Morgan fingerprint density at radius 2 is 2.04 bits per heavy atom. The molecule has 0 spiro atoms. The van der Waals surface area contributed by atoms with E-state index in [0.29, 0.717) is 6.54 Å². The lowest BCUT2D eigenvalue weighted by atomic mass is 9.98. The maximum Gasteiger partial charge on any atom is 0.152 e. The van der Waals surface area contributed by atoms with Crippen molar-refractivity contribution in [3.63, 3.8) is 0 Å². The fourth-order valence-corrected chi connectivity index (χ4v) is 3.64. The lowest BCUT2D eigenvalue weighted by molar-refractivity contribution is 0.182. The van der Waals surface area contributed by atoms with Crippen molar-refractivity contribution < 1.29 is 4.42 Å². The maximum absolute atomic E-state index is 6.03. The molecule has 0 fully saturated rings. The first-order valence-electron chi connectivity index (χ1n) is 8.64. The first-order chi connectivity index (χ1) is 12.8. The summed E-state index contributed by atoms with van der Waals surface area (Å²) in [6.07, 6.45) is 6.17.